The average molecular weight is 439 g/mol. The zero-order chi connectivity index (χ0) is 20.4. The number of carboxylic acids is 2. The highest BCUT2D eigenvalue weighted by molar-refractivity contribution is 9.10. The van der Waals surface area contributed by atoms with Crippen LogP contribution in [0.5, 0.6) is 0 Å². The highest BCUT2D eigenvalue weighted by atomic mass is 79.9. The van der Waals surface area contributed by atoms with E-state index in [1.807, 2.05) is 13.8 Å². The van der Waals surface area contributed by atoms with Gasteiger partial charge in [-0.15, -0.1) is 0 Å². The Morgan fingerprint density at radius 1 is 0.769 bits per heavy atom. The third-order valence-electron chi connectivity index (χ3n) is 5.20. The van der Waals surface area contributed by atoms with Crippen LogP contribution in [0.25, 0.3) is 0 Å². The standard InChI is InChI=1S/C20H36BrFO4/c1-19(2,15(21)17(23)24)13-11-9-7-5-6-8-10-12-14-20(3,4)16(22)18(25)26/h15-16H,5-14H2,1-4H3,(H,23,24)(H,25,26)/t15-,16-/m0/s1. The van der Waals surface area contributed by atoms with Crippen molar-refractivity contribution in [1.29, 1.82) is 0 Å². The molecule has 0 rings (SSSR count). The van der Waals surface area contributed by atoms with E-state index in [4.69, 9.17) is 10.2 Å². The summed E-state index contributed by atoms with van der Waals surface area (Å²) in [5.41, 5.74) is -1.05. The van der Waals surface area contributed by atoms with Gasteiger partial charge in [-0.1, -0.05) is 95.0 Å². The molecule has 0 aliphatic heterocycles. The van der Waals surface area contributed by atoms with Crippen LogP contribution in [0.1, 0.15) is 91.9 Å². The fraction of sp³-hybridized carbons (Fsp3) is 0.900. The number of carbonyl (C=O) groups is 2. The first-order chi connectivity index (χ1) is 11.9. The number of carboxylic acid groups (broad SMARTS) is 2. The Morgan fingerprint density at radius 2 is 1.12 bits per heavy atom. The maximum Gasteiger partial charge on any atom is 0.338 e. The molecule has 4 nitrogen and oxygen atoms in total. The first kappa shape index (κ1) is 25.4. The Morgan fingerprint density at radius 3 is 1.46 bits per heavy atom. The molecule has 0 bridgehead atoms. The predicted molar refractivity (Wildman–Crippen MR) is 107 cm³/mol. The second-order valence-electron chi connectivity index (χ2n) is 8.71. The maximum absolute atomic E-state index is 13.6. The van der Waals surface area contributed by atoms with E-state index >= 15 is 0 Å². The SMILES string of the molecule is CC(C)(CCCCCCCCCCC(C)(C)[C@@H](Br)C(=O)O)[C@@H](F)C(=O)O. The lowest BCUT2D eigenvalue weighted by Crippen LogP contribution is -2.32. The van der Waals surface area contributed by atoms with E-state index in [9.17, 15) is 14.0 Å². The molecular weight excluding hydrogens is 403 g/mol. The lowest BCUT2D eigenvalue weighted by atomic mass is 9.82. The lowest BCUT2D eigenvalue weighted by Gasteiger charge is -2.27. The number of halogens is 2. The average Bonchev–Trinajstić information content (AvgIpc) is 2.54. The fourth-order valence-corrected chi connectivity index (χ4v) is 3.37. The highest BCUT2D eigenvalue weighted by Crippen LogP contribution is 2.33. The topological polar surface area (TPSA) is 74.6 Å². The third kappa shape index (κ3) is 9.89. The third-order valence-corrected chi connectivity index (χ3v) is 6.83. The lowest BCUT2D eigenvalue weighted by molar-refractivity contribution is -0.147. The molecule has 0 aliphatic rings. The van der Waals surface area contributed by atoms with Crippen LogP contribution in [-0.2, 0) is 9.59 Å². The van der Waals surface area contributed by atoms with Gasteiger partial charge in [-0.05, 0) is 18.3 Å². The van der Waals surface area contributed by atoms with Crippen LogP contribution in [0.15, 0.2) is 0 Å². The second-order valence-corrected chi connectivity index (χ2v) is 9.62. The van der Waals surface area contributed by atoms with E-state index in [0.717, 1.165) is 57.8 Å². The largest absolute Gasteiger partial charge is 0.480 e. The first-order valence-corrected chi connectivity index (χ1v) is 10.6. The van der Waals surface area contributed by atoms with E-state index in [-0.39, 0.29) is 5.41 Å². The molecular formula is C20H36BrFO4. The van der Waals surface area contributed by atoms with Crippen molar-refractivity contribution < 1.29 is 24.2 Å². The number of unbranched alkanes of at least 4 members (excludes halogenated alkanes) is 7. The Kier molecular flexibility index (Phi) is 11.6. The molecule has 0 aromatic heterocycles. The van der Waals surface area contributed by atoms with Crippen molar-refractivity contribution in [3.63, 3.8) is 0 Å². The van der Waals surface area contributed by atoms with E-state index in [2.05, 4.69) is 15.9 Å². The molecule has 0 aliphatic carbocycles. The number of aliphatic carboxylic acids is 2. The summed E-state index contributed by atoms with van der Waals surface area (Å²) in [5.74, 6) is -2.17. The van der Waals surface area contributed by atoms with Crippen molar-refractivity contribution in [2.24, 2.45) is 10.8 Å². The molecule has 0 fully saturated rings. The minimum Gasteiger partial charge on any atom is -0.480 e. The number of rotatable bonds is 15. The van der Waals surface area contributed by atoms with Gasteiger partial charge in [0.15, 0.2) is 0 Å². The summed E-state index contributed by atoms with van der Waals surface area (Å²) < 4.78 is 13.6. The van der Waals surface area contributed by atoms with Crippen LogP contribution in [0.4, 0.5) is 4.39 Å². The van der Waals surface area contributed by atoms with Crippen LogP contribution < -0.4 is 0 Å². The van der Waals surface area contributed by atoms with Crippen LogP contribution in [-0.4, -0.2) is 33.2 Å². The van der Waals surface area contributed by atoms with Crippen molar-refractivity contribution in [3.05, 3.63) is 0 Å². The molecule has 0 aromatic rings. The van der Waals surface area contributed by atoms with Crippen LogP contribution >= 0.6 is 15.9 Å². The molecule has 0 amide bonds. The van der Waals surface area contributed by atoms with Gasteiger partial charge in [-0.2, -0.15) is 0 Å². The van der Waals surface area contributed by atoms with Crippen LogP contribution in [0, 0.1) is 10.8 Å². The van der Waals surface area contributed by atoms with Gasteiger partial charge >= 0.3 is 11.9 Å². The molecule has 0 saturated carbocycles. The first-order valence-electron chi connectivity index (χ1n) is 9.65. The van der Waals surface area contributed by atoms with Crippen LogP contribution in [0.3, 0.4) is 0 Å². The van der Waals surface area contributed by atoms with Gasteiger partial charge in [-0.3, -0.25) is 4.79 Å². The number of alkyl halides is 2. The maximum atomic E-state index is 13.6. The molecule has 26 heavy (non-hydrogen) atoms. The molecule has 0 unspecified atom stereocenters. The summed E-state index contributed by atoms with van der Waals surface area (Å²) in [6.45, 7) is 7.31. The number of hydrogen-bond donors (Lipinski definition) is 2. The van der Waals surface area contributed by atoms with Crippen molar-refractivity contribution in [3.8, 4) is 0 Å². The van der Waals surface area contributed by atoms with Crippen molar-refractivity contribution in [1.82, 2.24) is 0 Å². The molecule has 0 spiro atoms. The summed E-state index contributed by atoms with van der Waals surface area (Å²) in [6.07, 6.45) is 8.21. The summed E-state index contributed by atoms with van der Waals surface area (Å²) in [4.78, 5) is 21.3. The quantitative estimate of drug-likeness (QED) is 0.235. The Bertz CT molecular complexity index is 398. The molecule has 154 valence electrons. The van der Waals surface area contributed by atoms with Gasteiger partial charge in [0, 0.05) is 5.41 Å². The normalized spacial score (nSPS) is 14.8. The zero-order valence-electron chi connectivity index (χ0n) is 16.7. The van der Waals surface area contributed by atoms with E-state index in [0.29, 0.717) is 6.42 Å². The Balaban J connectivity index is 3.69. The zero-order valence-corrected chi connectivity index (χ0v) is 18.3. The van der Waals surface area contributed by atoms with Crippen LogP contribution in [0.2, 0.25) is 0 Å². The Labute approximate surface area is 166 Å². The van der Waals surface area contributed by atoms with Crippen molar-refractivity contribution in [2.45, 2.75) is 103 Å². The molecule has 0 saturated heterocycles. The highest BCUT2D eigenvalue weighted by Gasteiger charge is 2.34. The van der Waals surface area contributed by atoms with Gasteiger partial charge in [0.2, 0.25) is 6.17 Å². The van der Waals surface area contributed by atoms with Gasteiger partial charge in [-0.25, -0.2) is 9.18 Å². The van der Waals surface area contributed by atoms with E-state index < -0.39 is 28.4 Å². The molecule has 0 radical (unpaired) electrons. The van der Waals surface area contributed by atoms with Gasteiger partial charge < -0.3 is 10.2 Å². The molecule has 0 heterocycles. The minimum absolute atomic E-state index is 0.247. The molecule has 6 heteroatoms. The number of hydrogen-bond acceptors (Lipinski definition) is 2. The molecule has 0 aromatic carbocycles. The van der Waals surface area contributed by atoms with Gasteiger partial charge in [0.25, 0.3) is 0 Å². The van der Waals surface area contributed by atoms with Gasteiger partial charge in [0.1, 0.15) is 4.83 Å². The minimum atomic E-state index is -1.80. The summed E-state index contributed by atoms with van der Waals surface area (Å²) in [7, 11) is 0. The van der Waals surface area contributed by atoms with E-state index in [1.54, 1.807) is 13.8 Å². The fourth-order valence-electron chi connectivity index (χ4n) is 3.14. The Hall–Kier alpha value is -0.650. The summed E-state index contributed by atoms with van der Waals surface area (Å²) in [5, 5.41) is 17.8. The summed E-state index contributed by atoms with van der Waals surface area (Å²) >= 11 is 3.26. The van der Waals surface area contributed by atoms with E-state index in [1.165, 1.54) is 0 Å². The predicted octanol–water partition coefficient (Wildman–Crippen LogP) is 6.21. The second kappa shape index (κ2) is 11.9. The molecule has 2 N–H and O–H groups in total. The monoisotopic (exact) mass is 438 g/mol. The van der Waals surface area contributed by atoms with Crippen molar-refractivity contribution in [2.75, 3.05) is 0 Å². The molecule has 2 atom stereocenters. The van der Waals surface area contributed by atoms with Crippen molar-refractivity contribution >= 4 is 27.9 Å². The smallest absolute Gasteiger partial charge is 0.338 e. The van der Waals surface area contributed by atoms with Gasteiger partial charge in [0.05, 0.1) is 0 Å². The summed E-state index contributed by atoms with van der Waals surface area (Å²) in [6, 6.07) is 0.